The van der Waals surface area contributed by atoms with Crippen molar-refractivity contribution in [2.24, 2.45) is 0 Å². The molecular formula is C29H33ClN6O. The summed E-state index contributed by atoms with van der Waals surface area (Å²) in [6.45, 7) is 4.83. The lowest BCUT2D eigenvalue weighted by atomic mass is 9.93. The Labute approximate surface area is 224 Å². The van der Waals surface area contributed by atoms with Crippen molar-refractivity contribution in [2.75, 3.05) is 51.2 Å². The molecule has 1 amide bonds. The number of anilines is 1. The number of rotatable bonds is 7. The molecule has 1 saturated heterocycles. The third-order valence-electron chi connectivity index (χ3n) is 7.67. The predicted octanol–water partition coefficient (Wildman–Crippen LogP) is 4.32. The number of benzene rings is 2. The Morgan fingerprint density at radius 1 is 0.919 bits per heavy atom. The van der Waals surface area contributed by atoms with Crippen LogP contribution in [-0.2, 0) is 4.79 Å². The Hall–Kier alpha value is -3.42. The van der Waals surface area contributed by atoms with Gasteiger partial charge in [-0.2, -0.15) is 0 Å². The van der Waals surface area contributed by atoms with E-state index >= 15 is 0 Å². The molecule has 1 fully saturated rings. The number of amides is 1. The van der Waals surface area contributed by atoms with Gasteiger partial charge in [-0.15, -0.1) is 17.5 Å². The zero-order chi connectivity index (χ0) is 24.5. The number of hydrogen-bond acceptors (Lipinski definition) is 5. The van der Waals surface area contributed by atoms with Crippen molar-refractivity contribution in [3.63, 3.8) is 0 Å². The molecule has 37 heavy (non-hydrogen) atoms. The zero-order valence-corrected chi connectivity index (χ0v) is 22.0. The summed E-state index contributed by atoms with van der Waals surface area (Å²) in [5.41, 5.74) is 6.45. The molecule has 8 heteroatoms. The van der Waals surface area contributed by atoms with Crippen molar-refractivity contribution in [1.29, 1.82) is 0 Å². The third-order valence-corrected chi connectivity index (χ3v) is 7.67. The van der Waals surface area contributed by atoms with Crippen LogP contribution in [0.2, 0.25) is 0 Å². The highest BCUT2D eigenvalue weighted by Crippen LogP contribution is 2.46. The third kappa shape index (κ3) is 5.06. The minimum Gasteiger partial charge on any atom is -0.352 e. The Morgan fingerprint density at radius 2 is 1.59 bits per heavy atom. The summed E-state index contributed by atoms with van der Waals surface area (Å²) < 4.78 is 1.80. The normalized spacial score (nSPS) is 15.1. The highest BCUT2D eigenvalue weighted by Gasteiger charge is 2.28. The number of carbonyl (C=O) groups is 1. The topological polar surface area (TPSA) is 57.0 Å². The van der Waals surface area contributed by atoms with E-state index in [4.69, 9.17) is 0 Å². The lowest BCUT2D eigenvalue weighted by molar-refractivity contribution is -0.131. The Bertz CT molecular complexity index is 1330. The summed E-state index contributed by atoms with van der Waals surface area (Å²) in [6.07, 6.45) is 5.24. The molecule has 3 heterocycles. The number of carbonyl (C=O) groups excluding carboxylic acids is 1. The number of piperazine rings is 1. The molecule has 192 valence electrons. The molecule has 0 atom stereocenters. The Balaban J connectivity index is 0.00000280. The largest absolute Gasteiger partial charge is 0.352 e. The highest BCUT2D eigenvalue weighted by atomic mass is 35.5. The van der Waals surface area contributed by atoms with Crippen molar-refractivity contribution < 1.29 is 4.79 Å². The van der Waals surface area contributed by atoms with Gasteiger partial charge in [0.25, 0.3) is 0 Å². The SMILES string of the molecule is CN(CCC(=O)N1CCN(c2ccc3nccn3n2)CC1)CCC1c2ccccc2-c2ccccc21.Cl. The van der Waals surface area contributed by atoms with Gasteiger partial charge in [0.1, 0.15) is 5.82 Å². The van der Waals surface area contributed by atoms with E-state index in [1.165, 1.54) is 22.3 Å². The van der Waals surface area contributed by atoms with Crippen LogP contribution < -0.4 is 4.90 Å². The van der Waals surface area contributed by atoms with Crippen LogP contribution in [0.5, 0.6) is 0 Å². The van der Waals surface area contributed by atoms with Crippen molar-refractivity contribution in [2.45, 2.75) is 18.8 Å². The summed E-state index contributed by atoms with van der Waals surface area (Å²) >= 11 is 0. The number of imidazole rings is 1. The monoisotopic (exact) mass is 516 g/mol. The Kier molecular flexibility index (Phi) is 7.44. The molecular weight excluding hydrogens is 484 g/mol. The first-order valence-electron chi connectivity index (χ1n) is 12.9. The summed E-state index contributed by atoms with van der Waals surface area (Å²) in [6, 6.07) is 21.6. The number of aromatic nitrogens is 3. The van der Waals surface area contributed by atoms with Crippen molar-refractivity contribution in [3.05, 3.63) is 84.2 Å². The first-order chi connectivity index (χ1) is 17.7. The summed E-state index contributed by atoms with van der Waals surface area (Å²) in [5, 5.41) is 4.64. The van der Waals surface area contributed by atoms with Gasteiger partial charge in [0.05, 0.1) is 0 Å². The van der Waals surface area contributed by atoms with E-state index in [2.05, 4.69) is 75.5 Å². The second-order valence-electron chi connectivity index (χ2n) is 9.86. The lowest BCUT2D eigenvalue weighted by Crippen LogP contribution is -2.49. The van der Waals surface area contributed by atoms with Crippen LogP contribution in [0.15, 0.2) is 73.1 Å². The van der Waals surface area contributed by atoms with E-state index in [9.17, 15) is 4.79 Å². The maximum absolute atomic E-state index is 12.9. The summed E-state index contributed by atoms with van der Waals surface area (Å²) in [7, 11) is 2.13. The van der Waals surface area contributed by atoms with Gasteiger partial charge in [-0.1, -0.05) is 48.5 Å². The van der Waals surface area contributed by atoms with Crippen LogP contribution in [0.1, 0.15) is 29.9 Å². The van der Waals surface area contributed by atoms with Gasteiger partial charge < -0.3 is 14.7 Å². The molecule has 1 aliphatic heterocycles. The maximum atomic E-state index is 12.9. The van der Waals surface area contributed by atoms with Crippen molar-refractivity contribution >= 4 is 29.8 Å². The van der Waals surface area contributed by atoms with Gasteiger partial charge >= 0.3 is 0 Å². The van der Waals surface area contributed by atoms with Crippen molar-refractivity contribution in [3.8, 4) is 11.1 Å². The molecule has 0 radical (unpaired) electrons. The molecule has 2 aromatic carbocycles. The van der Waals surface area contributed by atoms with Crippen LogP contribution in [0.3, 0.4) is 0 Å². The molecule has 0 saturated carbocycles. The summed E-state index contributed by atoms with van der Waals surface area (Å²) in [5.74, 6) is 1.61. The van der Waals surface area contributed by atoms with Crippen LogP contribution in [0, 0.1) is 0 Å². The van der Waals surface area contributed by atoms with Crippen LogP contribution >= 0.6 is 12.4 Å². The van der Waals surface area contributed by atoms with Gasteiger partial charge in [-0.05, 0) is 54.4 Å². The molecule has 0 spiro atoms. The molecule has 7 nitrogen and oxygen atoms in total. The Morgan fingerprint density at radius 3 is 2.30 bits per heavy atom. The average molecular weight is 517 g/mol. The van der Waals surface area contributed by atoms with Gasteiger partial charge in [0, 0.05) is 57.5 Å². The molecule has 0 bridgehead atoms. The van der Waals surface area contributed by atoms with E-state index in [1.54, 1.807) is 10.7 Å². The zero-order valence-electron chi connectivity index (χ0n) is 21.2. The molecule has 0 N–H and O–H groups in total. The quantitative estimate of drug-likeness (QED) is 0.366. The number of fused-ring (bicyclic) bond motifs is 4. The van der Waals surface area contributed by atoms with E-state index in [0.29, 0.717) is 12.3 Å². The van der Waals surface area contributed by atoms with Gasteiger partial charge in [0.2, 0.25) is 5.91 Å². The predicted molar refractivity (Wildman–Crippen MR) is 149 cm³/mol. The highest BCUT2D eigenvalue weighted by molar-refractivity contribution is 5.85. The van der Waals surface area contributed by atoms with E-state index in [-0.39, 0.29) is 18.3 Å². The minimum atomic E-state index is 0. The first kappa shape index (κ1) is 25.2. The lowest BCUT2D eigenvalue weighted by Gasteiger charge is -2.35. The van der Waals surface area contributed by atoms with Crippen LogP contribution in [0.4, 0.5) is 5.82 Å². The van der Waals surface area contributed by atoms with Crippen LogP contribution in [0.25, 0.3) is 16.8 Å². The number of halogens is 1. The molecule has 0 unspecified atom stereocenters. The van der Waals surface area contributed by atoms with Gasteiger partial charge in [-0.25, -0.2) is 9.50 Å². The average Bonchev–Trinajstić information content (AvgIpc) is 3.53. The van der Waals surface area contributed by atoms with E-state index < -0.39 is 0 Å². The second kappa shape index (κ2) is 10.9. The fourth-order valence-corrected chi connectivity index (χ4v) is 5.64. The second-order valence-corrected chi connectivity index (χ2v) is 9.86. The standard InChI is InChI=1S/C29H32N6O.ClH/c1-32(15-12-26-24-8-4-2-6-22(24)23-7-3-5-9-25(23)26)16-13-29(36)34-20-18-33(19-21-34)28-11-10-27-30-14-17-35(27)31-28;/h2-11,14,17,26H,12-13,15-16,18-21H2,1H3;1H. The summed E-state index contributed by atoms with van der Waals surface area (Å²) in [4.78, 5) is 23.7. The molecule has 4 aromatic rings. The first-order valence-corrected chi connectivity index (χ1v) is 12.9. The molecule has 2 aliphatic rings. The number of hydrogen-bond donors (Lipinski definition) is 0. The van der Waals surface area contributed by atoms with Gasteiger partial charge in [-0.3, -0.25) is 4.79 Å². The van der Waals surface area contributed by atoms with Crippen molar-refractivity contribution in [1.82, 2.24) is 24.4 Å². The smallest absolute Gasteiger partial charge is 0.223 e. The van der Waals surface area contributed by atoms with Crippen LogP contribution in [-0.4, -0.2) is 76.6 Å². The maximum Gasteiger partial charge on any atom is 0.223 e. The molecule has 6 rings (SSSR count). The fraction of sp³-hybridized carbons (Fsp3) is 0.345. The van der Waals surface area contributed by atoms with E-state index in [1.807, 2.05) is 23.2 Å². The van der Waals surface area contributed by atoms with Gasteiger partial charge in [0.15, 0.2) is 5.65 Å². The fourth-order valence-electron chi connectivity index (χ4n) is 5.64. The molecule has 2 aromatic heterocycles. The van der Waals surface area contributed by atoms with E-state index in [0.717, 1.165) is 57.2 Å². The minimum absolute atomic E-state index is 0. The number of nitrogens with zero attached hydrogens (tertiary/aromatic N) is 6. The molecule has 1 aliphatic carbocycles.